The lowest BCUT2D eigenvalue weighted by Gasteiger charge is -2.40. The Morgan fingerprint density at radius 1 is 1.14 bits per heavy atom. The van der Waals surface area contributed by atoms with Gasteiger partial charge >= 0.3 is 0 Å². The Hall–Kier alpha value is -3.43. The molecule has 28 heavy (non-hydrogen) atoms. The summed E-state index contributed by atoms with van der Waals surface area (Å²) in [6.45, 7) is 4.71. The van der Waals surface area contributed by atoms with E-state index in [-0.39, 0.29) is 17.2 Å². The van der Waals surface area contributed by atoms with Crippen molar-refractivity contribution < 1.29 is 9.47 Å². The largest absolute Gasteiger partial charge is 0.494 e. The smallest absolute Gasteiger partial charge is 0.191 e. The number of nitriles is 3. The van der Waals surface area contributed by atoms with Crippen LogP contribution in [0.25, 0.3) is 0 Å². The number of nitrogens with two attached hydrogens (primary N) is 1. The van der Waals surface area contributed by atoms with Crippen molar-refractivity contribution in [3.05, 3.63) is 46.7 Å². The molecule has 0 saturated heterocycles. The first-order valence-corrected chi connectivity index (χ1v) is 9.40. The molecule has 2 N–H and O–H groups in total. The molecule has 2 aliphatic carbocycles. The second kappa shape index (κ2) is 7.67. The van der Waals surface area contributed by atoms with Gasteiger partial charge in [-0.2, -0.15) is 15.8 Å². The van der Waals surface area contributed by atoms with E-state index < -0.39 is 11.3 Å². The Bertz CT molecular complexity index is 958. The average Bonchev–Trinajstić information content (AvgIpc) is 3.18. The molecule has 0 unspecified atom stereocenters. The van der Waals surface area contributed by atoms with Crippen molar-refractivity contribution in [3.8, 4) is 29.7 Å². The van der Waals surface area contributed by atoms with E-state index in [1.54, 1.807) is 6.07 Å². The second-order valence-corrected chi connectivity index (χ2v) is 6.82. The van der Waals surface area contributed by atoms with E-state index >= 15 is 0 Å². The van der Waals surface area contributed by atoms with Crippen molar-refractivity contribution in [1.82, 2.24) is 0 Å². The maximum absolute atomic E-state index is 10.1. The van der Waals surface area contributed by atoms with Gasteiger partial charge in [-0.15, -0.1) is 0 Å². The third-order valence-corrected chi connectivity index (χ3v) is 5.48. The first-order chi connectivity index (χ1) is 13.6. The lowest BCUT2D eigenvalue weighted by molar-refractivity contribution is 0.300. The zero-order valence-electron chi connectivity index (χ0n) is 16.0. The van der Waals surface area contributed by atoms with Crippen LogP contribution in [-0.2, 0) is 0 Å². The zero-order valence-corrected chi connectivity index (χ0v) is 16.0. The predicted octanol–water partition coefficient (Wildman–Crippen LogP) is 3.69. The highest BCUT2D eigenvalue weighted by Gasteiger charge is 2.55. The highest BCUT2D eigenvalue weighted by Crippen LogP contribution is 2.58. The van der Waals surface area contributed by atoms with Gasteiger partial charge in [0.25, 0.3) is 0 Å². The van der Waals surface area contributed by atoms with Crippen LogP contribution >= 0.6 is 0 Å². The molecular formula is C22H22N4O2. The molecule has 0 bridgehead atoms. The fourth-order valence-electron chi connectivity index (χ4n) is 4.35. The van der Waals surface area contributed by atoms with E-state index in [1.165, 1.54) is 0 Å². The summed E-state index contributed by atoms with van der Waals surface area (Å²) in [7, 11) is 0. The van der Waals surface area contributed by atoms with Gasteiger partial charge in [0.1, 0.15) is 17.6 Å². The van der Waals surface area contributed by atoms with Crippen molar-refractivity contribution in [2.45, 2.75) is 32.6 Å². The van der Waals surface area contributed by atoms with Gasteiger partial charge in [0.2, 0.25) is 0 Å². The summed E-state index contributed by atoms with van der Waals surface area (Å²) in [4.78, 5) is 0. The number of benzene rings is 1. The van der Waals surface area contributed by atoms with E-state index in [2.05, 4.69) is 18.2 Å². The fraction of sp³-hybridized carbons (Fsp3) is 0.409. The molecule has 6 nitrogen and oxygen atoms in total. The zero-order chi connectivity index (χ0) is 20.3. The van der Waals surface area contributed by atoms with Crippen molar-refractivity contribution in [2.24, 2.45) is 17.1 Å². The van der Waals surface area contributed by atoms with Gasteiger partial charge < -0.3 is 15.2 Å². The molecule has 2 atom stereocenters. The van der Waals surface area contributed by atoms with Gasteiger partial charge in [-0.3, -0.25) is 0 Å². The molecule has 0 radical (unpaired) electrons. The van der Waals surface area contributed by atoms with Crippen LogP contribution < -0.4 is 15.2 Å². The van der Waals surface area contributed by atoms with Crippen LogP contribution in [0.1, 0.15) is 38.2 Å². The summed E-state index contributed by atoms with van der Waals surface area (Å²) in [5.41, 5.74) is 6.49. The van der Waals surface area contributed by atoms with Crippen LogP contribution in [0.2, 0.25) is 0 Å². The van der Waals surface area contributed by atoms with Gasteiger partial charge in [0, 0.05) is 11.5 Å². The Morgan fingerprint density at radius 2 is 1.86 bits per heavy atom. The predicted molar refractivity (Wildman–Crippen MR) is 103 cm³/mol. The Morgan fingerprint density at radius 3 is 2.46 bits per heavy atom. The molecule has 142 valence electrons. The molecule has 0 amide bonds. The minimum Gasteiger partial charge on any atom is -0.494 e. The minimum absolute atomic E-state index is 0.0265. The number of allylic oxidation sites excluding steroid dienone is 4. The summed E-state index contributed by atoms with van der Waals surface area (Å²) < 4.78 is 11.5. The van der Waals surface area contributed by atoms with E-state index in [0.29, 0.717) is 30.3 Å². The van der Waals surface area contributed by atoms with Crippen molar-refractivity contribution >= 4 is 0 Å². The summed E-state index contributed by atoms with van der Waals surface area (Å²) in [6.07, 6.45) is 3.51. The molecule has 0 spiro atoms. The first kappa shape index (κ1) is 19.3. The summed E-state index contributed by atoms with van der Waals surface area (Å²) in [6, 6.07) is 11.9. The number of hydrogen-bond donors (Lipinski definition) is 1. The standard InChI is InChI=1S/C22H22N4O2/c1-3-27-14-8-9-19(28-4-2)17(10-14)20-16-7-5-6-15(16)18(11-23)21(26)22(20,12-24)13-25/h6,8-10,16,20H,3-5,7,26H2,1-2H3/t16-,20+/m1/s1. The number of rotatable bonds is 5. The number of nitrogens with zero attached hydrogens (tertiary/aromatic N) is 3. The quantitative estimate of drug-likeness (QED) is 0.840. The van der Waals surface area contributed by atoms with Gasteiger partial charge in [-0.1, -0.05) is 6.08 Å². The molecule has 6 heteroatoms. The summed E-state index contributed by atoms with van der Waals surface area (Å²) in [5.74, 6) is 0.542. The molecule has 1 aromatic carbocycles. The fourth-order valence-corrected chi connectivity index (χ4v) is 4.35. The van der Waals surface area contributed by atoms with Gasteiger partial charge in [0.05, 0.1) is 36.6 Å². The van der Waals surface area contributed by atoms with Crippen molar-refractivity contribution in [1.29, 1.82) is 15.8 Å². The molecule has 3 rings (SSSR count). The normalized spacial score (nSPS) is 22.3. The molecule has 0 aliphatic heterocycles. The topological polar surface area (TPSA) is 116 Å². The molecule has 1 aromatic rings. The lowest BCUT2D eigenvalue weighted by Crippen LogP contribution is -2.41. The van der Waals surface area contributed by atoms with E-state index in [1.807, 2.05) is 32.1 Å². The number of ether oxygens (including phenoxy) is 2. The third kappa shape index (κ3) is 2.77. The highest BCUT2D eigenvalue weighted by molar-refractivity contribution is 5.61. The molecule has 0 aromatic heterocycles. The molecule has 2 aliphatic rings. The van der Waals surface area contributed by atoms with Crippen LogP contribution in [0.15, 0.2) is 41.1 Å². The van der Waals surface area contributed by atoms with Crippen LogP contribution in [0, 0.1) is 45.3 Å². The van der Waals surface area contributed by atoms with Gasteiger partial charge in [0.15, 0.2) is 5.41 Å². The minimum atomic E-state index is -1.64. The van der Waals surface area contributed by atoms with Gasteiger partial charge in [-0.25, -0.2) is 0 Å². The van der Waals surface area contributed by atoms with E-state index in [9.17, 15) is 15.8 Å². The van der Waals surface area contributed by atoms with E-state index in [4.69, 9.17) is 15.2 Å². The number of fused-ring (bicyclic) bond motifs is 1. The molecule has 0 heterocycles. The first-order valence-electron chi connectivity index (χ1n) is 9.40. The summed E-state index contributed by atoms with van der Waals surface area (Å²) >= 11 is 0. The second-order valence-electron chi connectivity index (χ2n) is 6.82. The Balaban J connectivity index is 2.31. The lowest BCUT2D eigenvalue weighted by atomic mass is 9.59. The average molecular weight is 374 g/mol. The molecule has 0 fully saturated rings. The van der Waals surface area contributed by atoms with Gasteiger partial charge in [-0.05, 0) is 56.4 Å². The monoisotopic (exact) mass is 374 g/mol. The van der Waals surface area contributed by atoms with Crippen molar-refractivity contribution in [2.75, 3.05) is 13.2 Å². The Labute approximate surface area is 165 Å². The summed E-state index contributed by atoms with van der Waals surface area (Å²) in [5, 5.41) is 29.8. The van der Waals surface area contributed by atoms with Crippen LogP contribution in [-0.4, -0.2) is 13.2 Å². The van der Waals surface area contributed by atoms with Crippen LogP contribution in [0.4, 0.5) is 0 Å². The SMILES string of the molecule is CCOc1ccc(OCC)c([C@@H]2[C@@H]3CCC=C3C(C#N)=C(N)C2(C#N)C#N)c1. The highest BCUT2D eigenvalue weighted by atomic mass is 16.5. The molecular weight excluding hydrogens is 352 g/mol. The van der Waals surface area contributed by atoms with Crippen LogP contribution in [0.5, 0.6) is 11.5 Å². The third-order valence-electron chi connectivity index (χ3n) is 5.48. The Kier molecular flexibility index (Phi) is 5.30. The van der Waals surface area contributed by atoms with E-state index in [0.717, 1.165) is 18.4 Å². The maximum Gasteiger partial charge on any atom is 0.191 e. The van der Waals surface area contributed by atoms with Crippen molar-refractivity contribution in [3.63, 3.8) is 0 Å². The maximum atomic E-state index is 10.1. The molecule has 0 saturated carbocycles. The number of hydrogen-bond acceptors (Lipinski definition) is 6. The van der Waals surface area contributed by atoms with Crippen LogP contribution in [0.3, 0.4) is 0 Å².